The predicted molar refractivity (Wildman–Crippen MR) is 116 cm³/mol. The van der Waals surface area contributed by atoms with Crippen LogP contribution in [0.1, 0.15) is 48.9 Å². The summed E-state index contributed by atoms with van der Waals surface area (Å²) in [5, 5.41) is 17.6. The minimum atomic E-state index is -0.653. The van der Waals surface area contributed by atoms with Gasteiger partial charge in [-0.2, -0.15) is 5.10 Å². The van der Waals surface area contributed by atoms with Gasteiger partial charge in [0.15, 0.2) is 11.5 Å². The zero-order valence-electron chi connectivity index (χ0n) is 18.1. The average Bonchev–Trinajstić information content (AvgIpc) is 3.22. The molecule has 0 aliphatic carbocycles. The molecule has 2 aromatic rings. The number of aryl methyl sites for hydroxylation is 1. The molecule has 0 bridgehead atoms. The van der Waals surface area contributed by atoms with Crippen molar-refractivity contribution in [3.05, 3.63) is 53.1 Å². The molecule has 2 aromatic carbocycles. The van der Waals surface area contributed by atoms with Crippen molar-refractivity contribution < 1.29 is 19.4 Å². The first-order valence-corrected chi connectivity index (χ1v) is 10.7. The summed E-state index contributed by atoms with van der Waals surface area (Å²) in [4.78, 5) is 13.8. The van der Waals surface area contributed by atoms with Crippen LogP contribution in [-0.4, -0.2) is 52.6 Å². The Bertz CT molecular complexity index is 1070. The van der Waals surface area contributed by atoms with Gasteiger partial charge in [0.2, 0.25) is 11.6 Å². The van der Waals surface area contributed by atoms with E-state index in [2.05, 4.69) is 11.1 Å². The summed E-state index contributed by atoms with van der Waals surface area (Å²) in [7, 11) is 1.65. The Hall–Kier alpha value is -3.22. The van der Waals surface area contributed by atoms with Crippen LogP contribution in [0, 0.1) is 6.92 Å². The lowest BCUT2D eigenvalue weighted by molar-refractivity contribution is -0.159. The number of phenolic OH excluding ortho intramolecular Hbond substituents is 1. The van der Waals surface area contributed by atoms with Crippen molar-refractivity contribution in [2.75, 3.05) is 20.2 Å². The van der Waals surface area contributed by atoms with Gasteiger partial charge in [-0.3, -0.25) is 4.79 Å². The Morgan fingerprint density at radius 2 is 2.03 bits per heavy atom. The highest BCUT2D eigenvalue weighted by Gasteiger charge is 2.53. The van der Waals surface area contributed by atoms with E-state index in [0.29, 0.717) is 38.1 Å². The van der Waals surface area contributed by atoms with Gasteiger partial charge in [-0.1, -0.05) is 23.8 Å². The van der Waals surface area contributed by atoms with E-state index in [1.807, 2.05) is 36.1 Å². The number of fused-ring (bicyclic) bond motifs is 4. The summed E-state index contributed by atoms with van der Waals surface area (Å²) in [6.45, 7) is 4.84. The zero-order chi connectivity index (χ0) is 21.8. The number of hydrogen-bond donors (Lipinski definition) is 1. The van der Waals surface area contributed by atoms with Crippen LogP contribution in [0.25, 0.3) is 0 Å². The standard InChI is InChI=1S/C24H27N3O4/c1-15-7-8-21(29)18(13-15)19-14-20-17-5-4-6-22(30-3)23(17)31-24(27(20)25-19)9-11-26(12-10-24)16(2)28/h4-8,13,20,29H,9-12,14H2,1-3H3/t20-/m0/s1. The zero-order valence-corrected chi connectivity index (χ0v) is 18.1. The first-order chi connectivity index (χ1) is 14.9. The molecule has 1 saturated heterocycles. The molecule has 0 radical (unpaired) electrons. The highest BCUT2D eigenvalue weighted by atomic mass is 16.5. The van der Waals surface area contributed by atoms with Crippen molar-refractivity contribution in [3.63, 3.8) is 0 Å². The number of hydrogen-bond acceptors (Lipinski definition) is 6. The first-order valence-electron chi connectivity index (χ1n) is 10.7. The van der Waals surface area contributed by atoms with Gasteiger partial charge in [0.1, 0.15) is 5.75 Å². The highest BCUT2D eigenvalue weighted by molar-refractivity contribution is 6.04. The minimum Gasteiger partial charge on any atom is -0.507 e. The predicted octanol–water partition coefficient (Wildman–Crippen LogP) is 3.59. The van der Waals surface area contributed by atoms with Gasteiger partial charge in [-0.15, -0.1) is 0 Å². The van der Waals surface area contributed by atoms with Crippen molar-refractivity contribution >= 4 is 11.6 Å². The summed E-state index contributed by atoms with van der Waals surface area (Å²) in [6, 6.07) is 11.5. The molecule has 1 amide bonds. The fraction of sp³-hybridized carbons (Fsp3) is 0.417. The maximum atomic E-state index is 11.9. The lowest BCUT2D eigenvalue weighted by Gasteiger charge is -2.51. The number of nitrogens with zero attached hydrogens (tertiary/aromatic N) is 3. The Kier molecular flexibility index (Phi) is 4.57. The normalized spacial score (nSPS) is 21.3. The first kappa shape index (κ1) is 19.7. The lowest BCUT2D eigenvalue weighted by atomic mass is 9.90. The number of likely N-dealkylation sites (tertiary alicyclic amines) is 1. The van der Waals surface area contributed by atoms with Gasteiger partial charge < -0.3 is 19.5 Å². The number of ether oxygens (including phenoxy) is 2. The van der Waals surface area contributed by atoms with Crippen molar-refractivity contribution in [2.45, 2.75) is 44.9 Å². The highest BCUT2D eigenvalue weighted by Crippen LogP contribution is 2.53. The monoisotopic (exact) mass is 421 g/mol. The molecule has 1 spiro atoms. The van der Waals surface area contributed by atoms with E-state index in [1.165, 1.54) is 0 Å². The second-order valence-electron chi connectivity index (χ2n) is 8.56. The third-order valence-corrected chi connectivity index (χ3v) is 6.66. The van der Waals surface area contributed by atoms with Gasteiger partial charge >= 0.3 is 0 Å². The molecule has 3 aliphatic heterocycles. The summed E-state index contributed by atoms with van der Waals surface area (Å²) in [6.07, 6.45) is 1.97. The molecule has 7 nitrogen and oxygen atoms in total. The van der Waals surface area contributed by atoms with Crippen LogP contribution in [0.15, 0.2) is 41.5 Å². The van der Waals surface area contributed by atoms with Gasteiger partial charge in [0, 0.05) is 50.4 Å². The Morgan fingerprint density at radius 1 is 1.26 bits per heavy atom. The van der Waals surface area contributed by atoms with E-state index in [-0.39, 0.29) is 17.7 Å². The molecule has 3 heterocycles. The van der Waals surface area contributed by atoms with E-state index < -0.39 is 5.72 Å². The third kappa shape index (κ3) is 3.10. The lowest BCUT2D eigenvalue weighted by Crippen LogP contribution is -2.59. The molecule has 1 N–H and O–H groups in total. The number of hydrazone groups is 1. The summed E-state index contributed by atoms with van der Waals surface area (Å²) in [5.74, 6) is 1.77. The van der Waals surface area contributed by atoms with Crippen LogP contribution in [0.3, 0.4) is 0 Å². The number of benzene rings is 2. The van der Waals surface area contributed by atoms with Crippen LogP contribution < -0.4 is 9.47 Å². The Labute approximate surface area is 181 Å². The summed E-state index contributed by atoms with van der Waals surface area (Å²) >= 11 is 0. The number of methoxy groups -OCH3 is 1. The Balaban J connectivity index is 1.60. The van der Waals surface area contributed by atoms with Crippen LogP contribution in [0.4, 0.5) is 0 Å². The van der Waals surface area contributed by atoms with Crippen molar-refractivity contribution in [1.29, 1.82) is 0 Å². The van der Waals surface area contributed by atoms with Crippen LogP contribution in [0.5, 0.6) is 17.2 Å². The molecule has 1 fully saturated rings. The van der Waals surface area contributed by atoms with E-state index in [1.54, 1.807) is 20.1 Å². The van der Waals surface area contributed by atoms with Crippen LogP contribution in [-0.2, 0) is 4.79 Å². The third-order valence-electron chi connectivity index (χ3n) is 6.66. The average molecular weight is 421 g/mol. The number of phenols is 1. The van der Waals surface area contributed by atoms with E-state index in [9.17, 15) is 9.90 Å². The molecule has 0 unspecified atom stereocenters. The smallest absolute Gasteiger partial charge is 0.219 e. The number of amides is 1. The molecule has 7 heteroatoms. The van der Waals surface area contributed by atoms with Gasteiger partial charge in [0.05, 0.1) is 18.9 Å². The number of carbonyl (C=O) groups is 1. The van der Waals surface area contributed by atoms with Gasteiger partial charge in [-0.05, 0) is 25.1 Å². The van der Waals surface area contributed by atoms with Crippen LogP contribution >= 0.6 is 0 Å². The molecule has 5 rings (SSSR count). The minimum absolute atomic E-state index is 0.0161. The Morgan fingerprint density at radius 3 is 2.74 bits per heavy atom. The number of piperidine rings is 1. The van der Waals surface area contributed by atoms with E-state index in [4.69, 9.17) is 14.6 Å². The van der Waals surface area contributed by atoms with Crippen molar-refractivity contribution in [2.24, 2.45) is 5.10 Å². The van der Waals surface area contributed by atoms with E-state index in [0.717, 1.165) is 28.2 Å². The topological polar surface area (TPSA) is 74.6 Å². The van der Waals surface area contributed by atoms with Crippen LogP contribution in [0.2, 0.25) is 0 Å². The molecular weight excluding hydrogens is 394 g/mol. The molecule has 0 saturated carbocycles. The number of rotatable bonds is 2. The maximum Gasteiger partial charge on any atom is 0.219 e. The fourth-order valence-corrected chi connectivity index (χ4v) is 4.98. The SMILES string of the molecule is COc1cccc2c1OC1(CCN(C(C)=O)CC1)N1N=C(c3cc(C)ccc3O)C[C@@H]21. The summed E-state index contributed by atoms with van der Waals surface area (Å²) < 4.78 is 12.3. The molecule has 0 aromatic heterocycles. The largest absolute Gasteiger partial charge is 0.507 e. The quantitative estimate of drug-likeness (QED) is 0.802. The van der Waals surface area contributed by atoms with Gasteiger partial charge in [-0.25, -0.2) is 5.01 Å². The number of carbonyl (C=O) groups excluding carboxylic acids is 1. The second kappa shape index (κ2) is 7.18. The maximum absolute atomic E-state index is 11.9. The number of para-hydroxylation sites is 1. The second-order valence-corrected chi connectivity index (χ2v) is 8.56. The molecule has 162 valence electrons. The van der Waals surface area contributed by atoms with Crippen molar-refractivity contribution in [3.8, 4) is 17.2 Å². The van der Waals surface area contributed by atoms with Gasteiger partial charge in [0.25, 0.3) is 0 Å². The molecule has 1 atom stereocenters. The molecule has 3 aliphatic rings. The summed E-state index contributed by atoms with van der Waals surface area (Å²) in [5.41, 5.74) is 3.06. The van der Waals surface area contributed by atoms with E-state index >= 15 is 0 Å². The number of aromatic hydroxyl groups is 1. The molecule has 31 heavy (non-hydrogen) atoms. The fourth-order valence-electron chi connectivity index (χ4n) is 4.98. The molecular formula is C24H27N3O4. The van der Waals surface area contributed by atoms with Crippen molar-refractivity contribution in [1.82, 2.24) is 9.91 Å².